The molecule has 2 aromatic carbocycles. The third kappa shape index (κ3) is 5.80. The summed E-state index contributed by atoms with van der Waals surface area (Å²) in [6.07, 6.45) is -0.346. The molecule has 0 aromatic heterocycles. The molecule has 0 saturated carbocycles. The van der Waals surface area contributed by atoms with Crippen LogP contribution in [-0.2, 0) is 0 Å². The van der Waals surface area contributed by atoms with Crippen LogP contribution in [0.2, 0.25) is 10.0 Å². The van der Waals surface area contributed by atoms with E-state index in [0.717, 1.165) is 41.1 Å². The first kappa shape index (κ1) is 18.9. The maximum atomic E-state index is 10.3. The molecule has 134 valence electrons. The molecule has 0 amide bonds. The predicted octanol–water partition coefficient (Wildman–Crippen LogP) is 4.27. The third-order valence-corrected chi connectivity index (χ3v) is 5.86. The summed E-state index contributed by atoms with van der Waals surface area (Å²) in [6.45, 7) is 4.51. The van der Waals surface area contributed by atoms with E-state index < -0.39 is 0 Å². The molecule has 1 fully saturated rings. The number of anilines is 1. The molecule has 0 radical (unpaired) electrons. The van der Waals surface area contributed by atoms with Gasteiger partial charge in [0.1, 0.15) is 0 Å². The van der Waals surface area contributed by atoms with E-state index in [2.05, 4.69) is 15.9 Å². The highest BCUT2D eigenvalue weighted by molar-refractivity contribution is 7.99. The van der Waals surface area contributed by atoms with Crippen LogP contribution < -0.4 is 4.90 Å². The molecule has 3 rings (SSSR count). The maximum absolute atomic E-state index is 10.3. The number of hydrogen-bond acceptors (Lipinski definition) is 4. The van der Waals surface area contributed by atoms with Gasteiger partial charge in [0.15, 0.2) is 0 Å². The van der Waals surface area contributed by atoms with E-state index in [4.69, 9.17) is 23.2 Å². The summed E-state index contributed by atoms with van der Waals surface area (Å²) in [6, 6.07) is 15.7. The summed E-state index contributed by atoms with van der Waals surface area (Å²) < 4.78 is 0. The number of aliphatic hydroxyl groups excluding tert-OH is 1. The summed E-state index contributed by atoms with van der Waals surface area (Å²) in [7, 11) is 0. The Bertz CT molecular complexity index is 693. The largest absolute Gasteiger partial charge is 0.391 e. The van der Waals surface area contributed by atoms with E-state index in [9.17, 15) is 5.11 Å². The number of benzene rings is 2. The van der Waals surface area contributed by atoms with Gasteiger partial charge in [0.05, 0.1) is 6.10 Å². The zero-order chi connectivity index (χ0) is 17.6. The van der Waals surface area contributed by atoms with Gasteiger partial charge in [-0.1, -0.05) is 35.3 Å². The Labute approximate surface area is 163 Å². The van der Waals surface area contributed by atoms with Gasteiger partial charge in [0.2, 0.25) is 0 Å². The molecular formula is C19H22Cl2N2OS. The van der Waals surface area contributed by atoms with Crippen molar-refractivity contribution in [1.29, 1.82) is 0 Å². The molecule has 0 spiro atoms. The molecule has 25 heavy (non-hydrogen) atoms. The van der Waals surface area contributed by atoms with Gasteiger partial charge in [-0.05, 0) is 36.4 Å². The van der Waals surface area contributed by atoms with Crippen molar-refractivity contribution in [2.45, 2.75) is 11.0 Å². The molecule has 1 aliphatic heterocycles. The Hall–Kier alpha value is -0.910. The van der Waals surface area contributed by atoms with Gasteiger partial charge in [-0.25, -0.2) is 0 Å². The molecule has 0 bridgehead atoms. The van der Waals surface area contributed by atoms with Crippen molar-refractivity contribution in [3.05, 3.63) is 58.6 Å². The fourth-order valence-corrected chi connectivity index (χ4v) is 4.28. The van der Waals surface area contributed by atoms with Gasteiger partial charge >= 0.3 is 0 Å². The van der Waals surface area contributed by atoms with E-state index in [1.165, 1.54) is 5.69 Å². The second-order valence-electron chi connectivity index (χ2n) is 6.19. The van der Waals surface area contributed by atoms with Crippen LogP contribution in [0.1, 0.15) is 0 Å². The van der Waals surface area contributed by atoms with Crippen molar-refractivity contribution in [3.63, 3.8) is 0 Å². The third-order valence-electron chi connectivity index (χ3n) is 4.25. The van der Waals surface area contributed by atoms with Crippen LogP contribution in [0.25, 0.3) is 0 Å². The Morgan fingerprint density at radius 3 is 2.32 bits per heavy atom. The molecule has 1 N–H and O–H groups in total. The number of hydrogen-bond donors (Lipinski definition) is 1. The van der Waals surface area contributed by atoms with Crippen LogP contribution in [0.3, 0.4) is 0 Å². The standard InChI is InChI=1S/C19H22Cl2N2OS/c20-15-3-1-5-17(11-15)23-9-7-22(8-10-23)13-18(24)14-25-19-6-2-4-16(21)12-19/h1-6,11-12,18,24H,7-10,13-14H2/t18-/m0/s1. The lowest BCUT2D eigenvalue weighted by Crippen LogP contribution is -2.48. The number of rotatable bonds is 6. The average molecular weight is 397 g/mol. The van der Waals surface area contributed by atoms with Crippen LogP contribution in [0.15, 0.2) is 53.4 Å². The summed E-state index contributed by atoms with van der Waals surface area (Å²) >= 11 is 13.7. The first-order valence-corrected chi connectivity index (χ1v) is 10.1. The molecule has 1 heterocycles. The second-order valence-corrected chi connectivity index (χ2v) is 8.16. The van der Waals surface area contributed by atoms with Crippen molar-refractivity contribution in [3.8, 4) is 0 Å². The summed E-state index contributed by atoms with van der Waals surface area (Å²) in [4.78, 5) is 5.76. The molecule has 2 aromatic rings. The fraction of sp³-hybridized carbons (Fsp3) is 0.368. The van der Waals surface area contributed by atoms with Crippen LogP contribution in [0.4, 0.5) is 5.69 Å². The minimum Gasteiger partial charge on any atom is -0.391 e. The number of halogens is 2. The predicted molar refractivity (Wildman–Crippen MR) is 108 cm³/mol. The first-order chi connectivity index (χ1) is 12.1. The minimum absolute atomic E-state index is 0.346. The zero-order valence-electron chi connectivity index (χ0n) is 13.9. The molecule has 1 atom stereocenters. The van der Waals surface area contributed by atoms with Crippen molar-refractivity contribution >= 4 is 40.7 Å². The van der Waals surface area contributed by atoms with Gasteiger partial charge in [0.25, 0.3) is 0 Å². The highest BCUT2D eigenvalue weighted by Crippen LogP contribution is 2.23. The van der Waals surface area contributed by atoms with Crippen LogP contribution in [0, 0.1) is 0 Å². The molecule has 0 aliphatic carbocycles. The topological polar surface area (TPSA) is 26.7 Å². The highest BCUT2D eigenvalue weighted by atomic mass is 35.5. The first-order valence-electron chi connectivity index (χ1n) is 8.39. The molecular weight excluding hydrogens is 375 g/mol. The number of β-amino-alcohol motifs (C(OH)–C–C–N with tert-alkyl or cyclic N) is 1. The van der Waals surface area contributed by atoms with Crippen LogP contribution in [0.5, 0.6) is 0 Å². The summed E-state index contributed by atoms with van der Waals surface area (Å²) in [5, 5.41) is 11.8. The van der Waals surface area contributed by atoms with Gasteiger partial charge in [-0.15, -0.1) is 11.8 Å². The number of thioether (sulfide) groups is 1. The highest BCUT2D eigenvalue weighted by Gasteiger charge is 2.19. The molecule has 0 unspecified atom stereocenters. The number of piperazine rings is 1. The van der Waals surface area contributed by atoms with Crippen molar-refractivity contribution < 1.29 is 5.11 Å². The average Bonchev–Trinajstić information content (AvgIpc) is 2.61. The summed E-state index contributed by atoms with van der Waals surface area (Å²) in [5.41, 5.74) is 1.17. The van der Waals surface area contributed by atoms with Crippen molar-refractivity contribution in [2.75, 3.05) is 43.4 Å². The fourth-order valence-electron chi connectivity index (χ4n) is 2.96. The SMILES string of the molecule is O[C@H](CSc1cccc(Cl)c1)CN1CCN(c2cccc(Cl)c2)CC1. The van der Waals surface area contributed by atoms with Gasteiger partial charge < -0.3 is 10.0 Å². The maximum Gasteiger partial charge on any atom is 0.0760 e. The smallest absolute Gasteiger partial charge is 0.0760 e. The van der Waals surface area contributed by atoms with E-state index in [-0.39, 0.29) is 6.10 Å². The number of nitrogens with zero attached hydrogens (tertiary/aromatic N) is 2. The molecule has 3 nitrogen and oxygen atoms in total. The van der Waals surface area contributed by atoms with Crippen LogP contribution in [-0.4, -0.2) is 54.6 Å². The second kappa shape index (κ2) is 9.15. The lowest BCUT2D eigenvalue weighted by molar-refractivity contribution is 0.126. The lowest BCUT2D eigenvalue weighted by Gasteiger charge is -2.37. The zero-order valence-corrected chi connectivity index (χ0v) is 16.3. The van der Waals surface area contributed by atoms with Gasteiger partial charge in [-0.2, -0.15) is 0 Å². The lowest BCUT2D eigenvalue weighted by atomic mass is 10.2. The van der Waals surface area contributed by atoms with Gasteiger partial charge in [-0.3, -0.25) is 4.90 Å². The van der Waals surface area contributed by atoms with E-state index in [1.54, 1.807) is 11.8 Å². The molecule has 6 heteroatoms. The quantitative estimate of drug-likeness (QED) is 0.737. The Kier molecular flexibility index (Phi) is 6.91. The van der Waals surface area contributed by atoms with Crippen molar-refractivity contribution in [2.24, 2.45) is 0 Å². The van der Waals surface area contributed by atoms with E-state index in [0.29, 0.717) is 12.3 Å². The Morgan fingerprint density at radius 2 is 1.64 bits per heavy atom. The minimum atomic E-state index is -0.346. The molecule has 1 aliphatic rings. The normalized spacial score (nSPS) is 16.8. The summed E-state index contributed by atoms with van der Waals surface area (Å²) in [5.74, 6) is 0.675. The monoisotopic (exact) mass is 396 g/mol. The number of aliphatic hydroxyl groups is 1. The van der Waals surface area contributed by atoms with E-state index in [1.807, 2.05) is 42.5 Å². The Balaban J connectivity index is 1.42. The van der Waals surface area contributed by atoms with Gasteiger partial charge in [0, 0.05) is 59.1 Å². The Morgan fingerprint density at radius 1 is 0.960 bits per heavy atom. The molecule has 1 saturated heterocycles. The van der Waals surface area contributed by atoms with E-state index >= 15 is 0 Å². The van der Waals surface area contributed by atoms with Crippen LogP contribution >= 0.6 is 35.0 Å². The van der Waals surface area contributed by atoms with Crippen molar-refractivity contribution in [1.82, 2.24) is 4.90 Å².